The highest BCUT2D eigenvalue weighted by molar-refractivity contribution is 4.91. The van der Waals surface area contributed by atoms with Crippen molar-refractivity contribution in [1.29, 1.82) is 0 Å². The van der Waals surface area contributed by atoms with Crippen molar-refractivity contribution >= 4 is 0 Å². The van der Waals surface area contributed by atoms with Crippen molar-refractivity contribution < 1.29 is 5.11 Å². The highest BCUT2D eigenvalue weighted by atomic mass is 16.3. The molecule has 0 radical (unpaired) electrons. The molecule has 2 N–H and O–H groups in total. The van der Waals surface area contributed by atoms with Crippen molar-refractivity contribution in [2.45, 2.75) is 76.7 Å². The van der Waals surface area contributed by atoms with E-state index in [4.69, 9.17) is 0 Å². The molecule has 0 amide bonds. The van der Waals surface area contributed by atoms with Gasteiger partial charge in [0.1, 0.15) is 0 Å². The Hall–Kier alpha value is -0.0800. The average molecular weight is 253 g/mol. The first-order valence-corrected chi connectivity index (χ1v) is 8.10. The third-order valence-corrected chi connectivity index (χ3v) is 5.31. The molecule has 0 aromatic carbocycles. The van der Waals surface area contributed by atoms with E-state index in [1.165, 1.54) is 51.4 Å². The molecule has 2 heteroatoms. The van der Waals surface area contributed by atoms with Crippen molar-refractivity contribution in [1.82, 2.24) is 5.32 Å². The second-order valence-electron chi connectivity index (χ2n) is 6.84. The van der Waals surface area contributed by atoms with Crippen LogP contribution in [0.15, 0.2) is 0 Å². The molecular formula is C16H31NO. The molecule has 0 unspecified atom stereocenters. The standard InChI is InChI=1S/C16H31NO/c1-14-7-10-16(13-18,11-8-14)17-12-9-15-5-3-2-4-6-15/h14-15,17-18H,2-13H2,1H3. The Kier molecular flexibility index (Phi) is 5.50. The quantitative estimate of drug-likeness (QED) is 0.786. The lowest BCUT2D eigenvalue weighted by Crippen LogP contribution is -2.51. The van der Waals surface area contributed by atoms with E-state index in [9.17, 15) is 5.11 Å². The zero-order valence-corrected chi connectivity index (χ0v) is 12.1. The van der Waals surface area contributed by atoms with E-state index in [2.05, 4.69) is 12.2 Å². The number of nitrogens with one attached hydrogen (secondary N) is 1. The van der Waals surface area contributed by atoms with Gasteiger partial charge in [-0.05, 0) is 50.5 Å². The molecule has 0 aromatic heterocycles. The van der Waals surface area contributed by atoms with E-state index < -0.39 is 0 Å². The fraction of sp³-hybridized carbons (Fsp3) is 1.00. The number of rotatable bonds is 5. The van der Waals surface area contributed by atoms with E-state index in [-0.39, 0.29) is 5.54 Å². The molecule has 2 aliphatic carbocycles. The van der Waals surface area contributed by atoms with E-state index in [1.807, 2.05) is 0 Å². The summed E-state index contributed by atoms with van der Waals surface area (Å²) < 4.78 is 0. The van der Waals surface area contributed by atoms with Crippen LogP contribution in [0.1, 0.15) is 71.1 Å². The van der Waals surface area contributed by atoms with Crippen molar-refractivity contribution in [3.05, 3.63) is 0 Å². The summed E-state index contributed by atoms with van der Waals surface area (Å²) in [6.07, 6.45) is 13.4. The Labute approximate surface area is 113 Å². The van der Waals surface area contributed by atoms with Crippen LogP contribution in [0.4, 0.5) is 0 Å². The Bertz CT molecular complexity index is 227. The molecule has 18 heavy (non-hydrogen) atoms. The summed E-state index contributed by atoms with van der Waals surface area (Å²) in [6.45, 7) is 3.77. The van der Waals surface area contributed by atoms with Crippen LogP contribution in [-0.4, -0.2) is 23.8 Å². The lowest BCUT2D eigenvalue weighted by Gasteiger charge is -2.39. The Morgan fingerprint density at radius 2 is 1.72 bits per heavy atom. The van der Waals surface area contributed by atoms with Crippen LogP contribution in [-0.2, 0) is 0 Å². The molecular weight excluding hydrogens is 222 g/mol. The van der Waals surface area contributed by atoms with Crippen LogP contribution >= 0.6 is 0 Å². The minimum absolute atomic E-state index is 0.0567. The minimum atomic E-state index is 0.0567. The Balaban J connectivity index is 1.69. The second kappa shape index (κ2) is 6.91. The summed E-state index contributed by atoms with van der Waals surface area (Å²) in [6, 6.07) is 0. The van der Waals surface area contributed by atoms with E-state index in [0.717, 1.165) is 31.2 Å². The molecule has 0 bridgehead atoms. The van der Waals surface area contributed by atoms with E-state index in [1.54, 1.807) is 0 Å². The van der Waals surface area contributed by atoms with Gasteiger partial charge in [-0.25, -0.2) is 0 Å². The number of hydrogen-bond acceptors (Lipinski definition) is 2. The number of aliphatic hydroxyl groups is 1. The zero-order valence-electron chi connectivity index (χ0n) is 12.1. The van der Waals surface area contributed by atoms with Crippen molar-refractivity contribution in [3.63, 3.8) is 0 Å². The van der Waals surface area contributed by atoms with E-state index >= 15 is 0 Å². The van der Waals surface area contributed by atoms with Gasteiger partial charge in [-0.2, -0.15) is 0 Å². The summed E-state index contributed by atoms with van der Waals surface area (Å²) in [7, 11) is 0. The molecule has 0 aromatic rings. The molecule has 0 heterocycles. The van der Waals surface area contributed by atoms with Crippen LogP contribution in [0.5, 0.6) is 0 Å². The summed E-state index contributed by atoms with van der Waals surface area (Å²) in [4.78, 5) is 0. The van der Waals surface area contributed by atoms with Gasteiger partial charge in [-0.1, -0.05) is 39.0 Å². The van der Waals surface area contributed by atoms with Crippen LogP contribution < -0.4 is 5.32 Å². The number of aliphatic hydroxyl groups excluding tert-OH is 1. The second-order valence-corrected chi connectivity index (χ2v) is 6.84. The minimum Gasteiger partial charge on any atom is -0.394 e. The van der Waals surface area contributed by atoms with Gasteiger partial charge in [0.25, 0.3) is 0 Å². The first-order valence-electron chi connectivity index (χ1n) is 8.10. The molecule has 2 nitrogen and oxygen atoms in total. The molecule has 0 atom stereocenters. The fourth-order valence-corrected chi connectivity index (χ4v) is 3.72. The summed E-state index contributed by atoms with van der Waals surface area (Å²) in [5.74, 6) is 1.80. The Morgan fingerprint density at radius 1 is 1.06 bits per heavy atom. The molecule has 0 aliphatic heterocycles. The molecule has 2 fully saturated rings. The van der Waals surface area contributed by atoms with Crippen molar-refractivity contribution in [3.8, 4) is 0 Å². The van der Waals surface area contributed by atoms with Crippen LogP contribution in [0.3, 0.4) is 0 Å². The predicted molar refractivity (Wildman–Crippen MR) is 76.6 cm³/mol. The maximum atomic E-state index is 9.70. The fourth-order valence-electron chi connectivity index (χ4n) is 3.72. The first kappa shape index (κ1) is 14.3. The molecule has 2 saturated carbocycles. The van der Waals surface area contributed by atoms with Gasteiger partial charge < -0.3 is 10.4 Å². The molecule has 2 rings (SSSR count). The van der Waals surface area contributed by atoms with E-state index in [0.29, 0.717) is 6.61 Å². The predicted octanol–water partition coefficient (Wildman–Crippen LogP) is 3.49. The maximum absolute atomic E-state index is 9.70. The topological polar surface area (TPSA) is 32.3 Å². The molecule has 0 spiro atoms. The third kappa shape index (κ3) is 3.96. The molecule has 0 saturated heterocycles. The largest absolute Gasteiger partial charge is 0.394 e. The van der Waals surface area contributed by atoms with Gasteiger partial charge in [0.2, 0.25) is 0 Å². The Morgan fingerprint density at radius 3 is 2.33 bits per heavy atom. The lowest BCUT2D eigenvalue weighted by molar-refractivity contribution is 0.103. The molecule has 106 valence electrons. The smallest absolute Gasteiger partial charge is 0.0613 e. The van der Waals surface area contributed by atoms with Crippen LogP contribution in [0.25, 0.3) is 0 Å². The van der Waals surface area contributed by atoms with Gasteiger partial charge in [0.15, 0.2) is 0 Å². The summed E-state index contributed by atoms with van der Waals surface area (Å²) in [5.41, 5.74) is 0.0567. The van der Waals surface area contributed by atoms with Gasteiger partial charge in [-0.3, -0.25) is 0 Å². The van der Waals surface area contributed by atoms with Gasteiger partial charge in [0, 0.05) is 5.54 Å². The van der Waals surface area contributed by atoms with Gasteiger partial charge >= 0.3 is 0 Å². The summed E-state index contributed by atoms with van der Waals surface area (Å²) >= 11 is 0. The first-order chi connectivity index (χ1) is 8.74. The van der Waals surface area contributed by atoms with Gasteiger partial charge in [-0.15, -0.1) is 0 Å². The lowest BCUT2D eigenvalue weighted by atomic mass is 9.77. The normalized spacial score (nSPS) is 34.7. The zero-order chi connectivity index (χ0) is 12.8. The van der Waals surface area contributed by atoms with Crippen molar-refractivity contribution in [2.24, 2.45) is 11.8 Å². The average Bonchev–Trinajstić information content (AvgIpc) is 2.43. The maximum Gasteiger partial charge on any atom is 0.0613 e. The highest BCUT2D eigenvalue weighted by Gasteiger charge is 2.32. The third-order valence-electron chi connectivity index (χ3n) is 5.31. The highest BCUT2D eigenvalue weighted by Crippen LogP contribution is 2.32. The van der Waals surface area contributed by atoms with Crippen LogP contribution in [0, 0.1) is 11.8 Å². The summed E-state index contributed by atoms with van der Waals surface area (Å²) in [5, 5.41) is 13.4. The van der Waals surface area contributed by atoms with Crippen LogP contribution in [0.2, 0.25) is 0 Å². The van der Waals surface area contributed by atoms with Gasteiger partial charge in [0.05, 0.1) is 6.61 Å². The monoisotopic (exact) mass is 253 g/mol. The SMILES string of the molecule is CC1CCC(CO)(NCCC2CCCCC2)CC1. The molecule has 2 aliphatic rings. The number of hydrogen-bond donors (Lipinski definition) is 2. The van der Waals surface area contributed by atoms with Crippen molar-refractivity contribution in [2.75, 3.05) is 13.2 Å².